The topological polar surface area (TPSA) is 38.0 Å². The highest BCUT2D eigenvalue weighted by molar-refractivity contribution is 5.07. The minimum absolute atomic E-state index is 0.578. The SMILES string of the molecule is CC(C)Cn1ccc(C(C)(C)O)n1. The van der Waals surface area contributed by atoms with Crippen molar-refractivity contribution in [3.8, 4) is 0 Å². The van der Waals surface area contributed by atoms with Gasteiger partial charge in [0.25, 0.3) is 0 Å². The molecule has 0 unspecified atom stereocenters. The van der Waals surface area contributed by atoms with Gasteiger partial charge in [-0.25, -0.2) is 0 Å². The van der Waals surface area contributed by atoms with Crippen LogP contribution in [0.1, 0.15) is 33.4 Å². The van der Waals surface area contributed by atoms with E-state index < -0.39 is 5.60 Å². The zero-order valence-electron chi connectivity index (χ0n) is 8.78. The molecule has 0 spiro atoms. The van der Waals surface area contributed by atoms with E-state index in [4.69, 9.17) is 0 Å². The van der Waals surface area contributed by atoms with Crippen LogP contribution in [-0.4, -0.2) is 14.9 Å². The van der Waals surface area contributed by atoms with Crippen molar-refractivity contribution in [2.24, 2.45) is 5.92 Å². The third-order valence-corrected chi connectivity index (χ3v) is 1.82. The summed E-state index contributed by atoms with van der Waals surface area (Å²) >= 11 is 0. The maximum Gasteiger partial charge on any atom is 0.103 e. The molecule has 0 aliphatic carbocycles. The van der Waals surface area contributed by atoms with Gasteiger partial charge in [-0.3, -0.25) is 4.68 Å². The smallest absolute Gasteiger partial charge is 0.103 e. The Labute approximate surface area is 79.4 Å². The average molecular weight is 182 g/mol. The molecule has 1 N–H and O–H groups in total. The molecule has 0 aliphatic rings. The summed E-state index contributed by atoms with van der Waals surface area (Å²) in [5, 5.41) is 13.9. The van der Waals surface area contributed by atoms with Crippen LogP contribution in [-0.2, 0) is 12.1 Å². The number of aliphatic hydroxyl groups is 1. The minimum atomic E-state index is -0.831. The summed E-state index contributed by atoms with van der Waals surface area (Å²) in [7, 11) is 0. The zero-order valence-corrected chi connectivity index (χ0v) is 8.78. The maximum atomic E-state index is 9.66. The van der Waals surface area contributed by atoms with E-state index in [0.29, 0.717) is 5.92 Å². The first kappa shape index (κ1) is 10.3. The van der Waals surface area contributed by atoms with Crippen LogP contribution in [0.3, 0.4) is 0 Å². The average Bonchev–Trinajstić information content (AvgIpc) is 2.32. The highest BCUT2D eigenvalue weighted by Gasteiger charge is 2.18. The lowest BCUT2D eigenvalue weighted by atomic mass is 10.1. The predicted octanol–water partition coefficient (Wildman–Crippen LogP) is 1.77. The van der Waals surface area contributed by atoms with Crippen molar-refractivity contribution in [2.75, 3.05) is 0 Å². The van der Waals surface area contributed by atoms with Crippen LogP contribution in [0.4, 0.5) is 0 Å². The molecule has 3 heteroatoms. The molecule has 0 saturated heterocycles. The van der Waals surface area contributed by atoms with Crippen LogP contribution < -0.4 is 0 Å². The third kappa shape index (κ3) is 2.84. The van der Waals surface area contributed by atoms with Crippen molar-refractivity contribution < 1.29 is 5.11 Å². The fraction of sp³-hybridized carbons (Fsp3) is 0.700. The first-order valence-electron chi connectivity index (χ1n) is 4.66. The van der Waals surface area contributed by atoms with E-state index in [1.165, 1.54) is 0 Å². The summed E-state index contributed by atoms with van der Waals surface area (Å²) in [6.07, 6.45) is 1.91. The van der Waals surface area contributed by atoms with Crippen LogP contribution in [0.15, 0.2) is 12.3 Å². The monoisotopic (exact) mass is 182 g/mol. The van der Waals surface area contributed by atoms with Crippen LogP contribution >= 0.6 is 0 Å². The van der Waals surface area contributed by atoms with Crippen LogP contribution in [0.25, 0.3) is 0 Å². The zero-order chi connectivity index (χ0) is 10.1. The van der Waals surface area contributed by atoms with E-state index in [1.54, 1.807) is 13.8 Å². The van der Waals surface area contributed by atoms with Crippen molar-refractivity contribution in [3.63, 3.8) is 0 Å². The summed E-state index contributed by atoms with van der Waals surface area (Å²) in [5.74, 6) is 0.578. The highest BCUT2D eigenvalue weighted by Crippen LogP contribution is 2.16. The lowest BCUT2D eigenvalue weighted by molar-refractivity contribution is 0.0729. The van der Waals surface area contributed by atoms with Crippen LogP contribution in [0, 0.1) is 5.92 Å². The molecule has 74 valence electrons. The van der Waals surface area contributed by atoms with Gasteiger partial charge in [-0.05, 0) is 25.8 Å². The molecule has 1 aromatic rings. The standard InChI is InChI=1S/C10H18N2O/c1-8(2)7-12-6-5-9(11-12)10(3,4)13/h5-6,8,13H,7H2,1-4H3. The second kappa shape index (κ2) is 3.50. The molecule has 0 aliphatic heterocycles. The maximum absolute atomic E-state index is 9.66. The molecule has 0 radical (unpaired) electrons. The van der Waals surface area contributed by atoms with Gasteiger partial charge >= 0.3 is 0 Å². The van der Waals surface area contributed by atoms with E-state index in [2.05, 4.69) is 18.9 Å². The Balaban J connectivity index is 2.75. The second-order valence-corrected chi connectivity index (χ2v) is 4.38. The van der Waals surface area contributed by atoms with Gasteiger partial charge in [0.1, 0.15) is 5.60 Å². The largest absolute Gasteiger partial charge is 0.384 e. The summed E-state index contributed by atoms with van der Waals surface area (Å²) in [6.45, 7) is 8.68. The summed E-state index contributed by atoms with van der Waals surface area (Å²) in [6, 6.07) is 1.86. The van der Waals surface area contributed by atoms with Gasteiger partial charge in [0, 0.05) is 12.7 Å². The Morgan fingerprint density at radius 3 is 2.54 bits per heavy atom. The first-order chi connectivity index (χ1) is 5.89. The normalized spacial score (nSPS) is 12.5. The second-order valence-electron chi connectivity index (χ2n) is 4.38. The Kier molecular flexibility index (Phi) is 2.76. The van der Waals surface area contributed by atoms with Gasteiger partial charge in [0.05, 0.1) is 5.69 Å². The quantitative estimate of drug-likeness (QED) is 0.773. The molecule has 1 heterocycles. The lowest BCUT2D eigenvalue weighted by Crippen LogP contribution is -2.17. The summed E-state index contributed by atoms with van der Waals surface area (Å²) < 4.78 is 1.87. The van der Waals surface area contributed by atoms with E-state index >= 15 is 0 Å². The van der Waals surface area contributed by atoms with Crippen molar-refractivity contribution in [3.05, 3.63) is 18.0 Å². The van der Waals surface area contributed by atoms with Gasteiger partial charge < -0.3 is 5.11 Å². The van der Waals surface area contributed by atoms with E-state index in [1.807, 2.05) is 16.9 Å². The Hall–Kier alpha value is -0.830. The molecule has 0 saturated carbocycles. The van der Waals surface area contributed by atoms with Gasteiger partial charge in [0.2, 0.25) is 0 Å². The number of hydrogen-bond donors (Lipinski definition) is 1. The molecular weight excluding hydrogens is 164 g/mol. The molecule has 0 aromatic carbocycles. The van der Waals surface area contributed by atoms with Gasteiger partial charge in [-0.2, -0.15) is 5.10 Å². The molecule has 0 amide bonds. The molecule has 0 fully saturated rings. The number of hydrogen-bond acceptors (Lipinski definition) is 2. The highest BCUT2D eigenvalue weighted by atomic mass is 16.3. The molecular formula is C10H18N2O. The molecule has 13 heavy (non-hydrogen) atoms. The summed E-state index contributed by atoms with van der Waals surface area (Å²) in [4.78, 5) is 0. The van der Waals surface area contributed by atoms with Crippen molar-refractivity contribution in [2.45, 2.75) is 39.8 Å². The molecule has 0 atom stereocenters. The van der Waals surface area contributed by atoms with Crippen molar-refractivity contribution >= 4 is 0 Å². The van der Waals surface area contributed by atoms with Gasteiger partial charge in [0.15, 0.2) is 0 Å². The summed E-state index contributed by atoms with van der Waals surface area (Å²) in [5.41, 5.74) is -0.101. The fourth-order valence-electron chi connectivity index (χ4n) is 1.16. The third-order valence-electron chi connectivity index (χ3n) is 1.82. The number of rotatable bonds is 3. The Bertz CT molecular complexity index is 271. The molecule has 1 rings (SSSR count). The van der Waals surface area contributed by atoms with E-state index in [9.17, 15) is 5.11 Å². The predicted molar refractivity (Wildman–Crippen MR) is 52.3 cm³/mol. The van der Waals surface area contributed by atoms with Crippen molar-refractivity contribution in [1.29, 1.82) is 0 Å². The van der Waals surface area contributed by atoms with E-state index in [0.717, 1.165) is 12.2 Å². The van der Waals surface area contributed by atoms with Gasteiger partial charge in [-0.15, -0.1) is 0 Å². The van der Waals surface area contributed by atoms with Crippen LogP contribution in [0.2, 0.25) is 0 Å². The first-order valence-corrected chi connectivity index (χ1v) is 4.66. The number of aromatic nitrogens is 2. The minimum Gasteiger partial charge on any atom is -0.384 e. The van der Waals surface area contributed by atoms with Crippen molar-refractivity contribution in [1.82, 2.24) is 9.78 Å². The molecule has 3 nitrogen and oxygen atoms in total. The number of nitrogens with zero attached hydrogens (tertiary/aromatic N) is 2. The van der Waals surface area contributed by atoms with Crippen LogP contribution in [0.5, 0.6) is 0 Å². The van der Waals surface area contributed by atoms with Gasteiger partial charge in [-0.1, -0.05) is 13.8 Å². The lowest BCUT2D eigenvalue weighted by Gasteiger charge is -2.13. The molecule has 0 bridgehead atoms. The van der Waals surface area contributed by atoms with E-state index in [-0.39, 0.29) is 0 Å². The molecule has 1 aromatic heterocycles. The fourth-order valence-corrected chi connectivity index (χ4v) is 1.16. The Morgan fingerprint density at radius 2 is 2.15 bits per heavy atom. The Morgan fingerprint density at radius 1 is 1.54 bits per heavy atom.